The van der Waals surface area contributed by atoms with Gasteiger partial charge in [-0.05, 0) is 78.1 Å². The number of hydrogen-bond donors (Lipinski definition) is 0. The molecular formula is C44H43O2P2Pd-3. The molecule has 6 aromatic carbocycles. The smallest absolute Gasteiger partial charge is 0.0383 e. The summed E-state index contributed by atoms with van der Waals surface area (Å²) < 4.78 is 0. The van der Waals surface area contributed by atoms with Gasteiger partial charge in [0.25, 0.3) is 0 Å². The van der Waals surface area contributed by atoms with E-state index in [1.807, 2.05) is 0 Å². The van der Waals surface area contributed by atoms with Crippen molar-refractivity contribution in [3.63, 3.8) is 0 Å². The van der Waals surface area contributed by atoms with Gasteiger partial charge in [0.2, 0.25) is 0 Å². The number of hydrogen-bond acceptors (Lipinski definition) is 2. The van der Waals surface area contributed by atoms with Gasteiger partial charge in [0.1, 0.15) is 0 Å². The molecular weight excluding hydrogens is 729 g/mol. The summed E-state index contributed by atoms with van der Waals surface area (Å²) in [5.74, 6) is -1.08. The van der Waals surface area contributed by atoms with Crippen molar-refractivity contribution in [3.05, 3.63) is 203 Å². The van der Waals surface area contributed by atoms with Crippen LogP contribution in [0.15, 0.2) is 158 Å². The van der Waals surface area contributed by atoms with Crippen molar-refractivity contribution in [2.45, 2.75) is 34.6 Å². The van der Waals surface area contributed by atoms with Gasteiger partial charge in [0, 0.05) is 26.4 Å². The molecule has 2 nitrogen and oxygen atoms in total. The van der Waals surface area contributed by atoms with E-state index in [2.05, 4.69) is 198 Å². The molecule has 6 aromatic rings. The van der Waals surface area contributed by atoms with Gasteiger partial charge >= 0.3 is 0 Å². The average molecular weight is 772 g/mol. The monoisotopic (exact) mass is 771 g/mol. The molecule has 0 amide bonds. The number of carbonyl (C=O) groups excluding carboxylic acids is 1. The molecule has 0 aliphatic rings. The minimum absolute atomic E-state index is 0. The van der Waals surface area contributed by atoms with Crippen molar-refractivity contribution in [3.8, 4) is 0 Å². The van der Waals surface area contributed by atoms with Crippen LogP contribution >= 0.6 is 15.8 Å². The number of aryl methyl sites for hydroxylation is 4. The number of carboxylic acid groups (broad SMARTS) is 1. The summed E-state index contributed by atoms with van der Waals surface area (Å²) >= 11 is 0. The average Bonchev–Trinajstić information content (AvgIpc) is 3.09. The normalized spacial score (nSPS) is 10.1. The molecule has 6 rings (SSSR count). The molecule has 0 unspecified atom stereocenters. The Labute approximate surface area is 309 Å². The predicted molar refractivity (Wildman–Crippen MR) is 207 cm³/mol. The zero-order valence-electron chi connectivity index (χ0n) is 28.7. The largest absolute Gasteiger partial charge is 0.550 e. The summed E-state index contributed by atoms with van der Waals surface area (Å²) in [6.07, 6.45) is 4.86. The fourth-order valence-electron chi connectivity index (χ4n) is 5.25. The number of rotatable bonds is 8. The van der Waals surface area contributed by atoms with Crippen molar-refractivity contribution < 1.29 is 30.3 Å². The Morgan fingerprint density at radius 3 is 0.857 bits per heavy atom. The van der Waals surface area contributed by atoms with Crippen LogP contribution in [-0.4, -0.2) is 5.97 Å². The molecule has 5 heteroatoms. The van der Waals surface area contributed by atoms with E-state index in [0.29, 0.717) is 0 Å². The van der Waals surface area contributed by atoms with Crippen LogP contribution in [-0.2, 0) is 25.2 Å². The fourth-order valence-corrected chi connectivity index (χ4v) is 10.1. The van der Waals surface area contributed by atoms with Gasteiger partial charge < -0.3 is 9.90 Å². The second-order valence-electron chi connectivity index (χ2n) is 11.5. The van der Waals surface area contributed by atoms with Gasteiger partial charge in [-0.1, -0.05) is 125 Å². The van der Waals surface area contributed by atoms with Gasteiger partial charge in [-0.15, -0.1) is 24.3 Å². The topological polar surface area (TPSA) is 40.1 Å². The van der Waals surface area contributed by atoms with Crippen LogP contribution in [0, 0.1) is 40.0 Å². The molecule has 0 saturated heterocycles. The van der Waals surface area contributed by atoms with Crippen LogP contribution in [0.25, 0.3) is 0 Å². The SMILES string of the molecule is CC(=O)[O-].Cc1ccccc1P([CH-]c1ccccc1)c1ccccc1C.Cc1ccccc1P([CH-]c1ccccc1)c1ccccc1C.[Pd]. The molecule has 0 fully saturated rings. The third kappa shape index (κ3) is 12.2. The van der Waals surface area contributed by atoms with E-state index in [-0.39, 0.29) is 20.4 Å². The zero-order valence-corrected chi connectivity index (χ0v) is 32.0. The maximum absolute atomic E-state index is 8.89. The van der Waals surface area contributed by atoms with Crippen molar-refractivity contribution in [1.82, 2.24) is 0 Å². The van der Waals surface area contributed by atoms with Crippen LogP contribution in [0.2, 0.25) is 0 Å². The van der Waals surface area contributed by atoms with Gasteiger partial charge in [-0.3, -0.25) is 0 Å². The van der Waals surface area contributed by atoms with Crippen LogP contribution in [0.5, 0.6) is 0 Å². The van der Waals surface area contributed by atoms with Crippen LogP contribution in [0.4, 0.5) is 0 Å². The third-order valence-corrected chi connectivity index (χ3v) is 12.9. The minimum Gasteiger partial charge on any atom is -0.550 e. The zero-order chi connectivity index (χ0) is 34.3. The van der Waals surface area contributed by atoms with E-state index >= 15 is 0 Å². The standard InChI is InChI=1S/2C21H20P.C2H4O2.Pd/c2*1-17-10-6-8-14-20(17)22(16-19-12-4-3-5-13-19)21-15-9-7-11-18(21)2;1-2(3)4;/h2*3-16H,1-2H3;1H3,(H,3,4);/q2*-1;;/p-1. The van der Waals surface area contributed by atoms with Gasteiger partial charge in [0.05, 0.1) is 0 Å². The van der Waals surface area contributed by atoms with Crippen LogP contribution in [0.3, 0.4) is 0 Å². The molecule has 49 heavy (non-hydrogen) atoms. The second kappa shape index (κ2) is 20.5. The maximum atomic E-state index is 8.89. The molecule has 0 aromatic heterocycles. The molecule has 0 aliphatic carbocycles. The van der Waals surface area contributed by atoms with Crippen molar-refractivity contribution in [1.29, 1.82) is 0 Å². The predicted octanol–water partition coefficient (Wildman–Crippen LogP) is 8.65. The number of aliphatic carboxylic acids is 1. The first-order valence-electron chi connectivity index (χ1n) is 16.0. The molecule has 0 aliphatic heterocycles. The Balaban J connectivity index is 0.000000235. The Hall–Kier alpha value is -3.95. The molecule has 0 N–H and O–H groups in total. The molecule has 0 spiro atoms. The van der Waals surface area contributed by atoms with E-state index in [1.54, 1.807) is 0 Å². The van der Waals surface area contributed by atoms with Crippen molar-refractivity contribution in [2.75, 3.05) is 0 Å². The van der Waals surface area contributed by atoms with Crippen molar-refractivity contribution >= 4 is 43.0 Å². The van der Waals surface area contributed by atoms with Crippen molar-refractivity contribution in [2.24, 2.45) is 0 Å². The van der Waals surface area contributed by atoms with E-state index in [1.165, 1.54) is 54.6 Å². The Bertz CT molecular complexity index is 1650. The first-order valence-corrected chi connectivity index (χ1v) is 18.8. The maximum Gasteiger partial charge on any atom is 0.0383 e. The quantitative estimate of drug-likeness (QED) is 0.0884. The molecule has 0 saturated carbocycles. The van der Waals surface area contributed by atoms with E-state index in [0.717, 1.165) is 6.92 Å². The summed E-state index contributed by atoms with van der Waals surface area (Å²) in [7, 11) is -0.988. The Kier molecular flexibility index (Phi) is 16.6. The molecule has 0 bridgehead atoms. The Morgan fingerprint density at radius 1 is 0.429 bits per heavy atom. The first-order chi connectivity index (χ1) is 23.2. The van der Waals surface area contributed by atoms with Gasteiger partial charge in [-0.2, -0.15) is 47.7 Å². The fraction of sp³-hybridized carbons (Fsp3) is 0.114. The molecule has 0 atom stereocenters. The summed E-state index contributed by atoms with van der Waals surface area (Å²) in [6.45, 7) is 9.81. The molecule has 254 valence electrons. The minimum atomic E-state index is -1.08. The van der Waals surface area contributed by atoms with Crippen LogP contribution < -0.4 is 26.3 Å². The van der Waals surface area contributed by atoms with E-state index in [4.69, 9.17) is 9.90 Å². The van der Waals surface area contributed by atoms with Gasteiger partial charge in [-0.25, -0.2) is 0 Å². The summed E-state index contributed by atoms with van der Waals surface area (Å²) in [4.78, 5) is 8.89. The number of benzene rings is 6. The van der Waals surface area contributed by atoms with Gasteiger partial charge in [0.15, 0.2) is 0 Å². The number of carboxylic acids is 1. The number of carbonyl (C=O) groups is 1. The molecule has 0 heterocycles. The van der Waals surface area contributed by atoms with E-state index in [9.17, 15) is 0 Å². The van der Waals surface area contributed by atoms with Crippen LogP contribution in [0.1, 0.15) is 40.3 Å². The summed E-state index contributed by atoms with van der Waals surface area (Å²) in [5.41, 5.74) is 8.04. The first kappa shape index (κ1) is 39.5. The molecule has 0 radical (unpaired) electrons. The Morgan fingerprint density at radius 2 is 0.633 bits per heavy atom. The van der Waals surface area contributed by atoms with E-state index < -0.39 is 21.8 Å². The summed E-state index contributed by atoms with van der Waals surface area (Å²) in [5, 5.41) is 14.7. The summed E-state index contributed by atoms with van der Waals surface area (Å²) in [6, 6.07) is 56.3. The third-order valence-electron chi connectivity index (χ3n) is 7.66. The second-order valence-corrected chi connectivity index (χ2v) is 15.4.